The van der Waals surface area contributed by atoms with E-state index in [9.17, 15) is 4.79 Å². The fraction of sp³-hybridized carbons (Fsp3) is 0.909. The molecule has 1 saturated carbocycles. The second-order valence-electron chi connectivity index (χ2n) is 5.06. The highest BCUT2D eigenvalue weighted by Crippen LogP contribution is 2.52. The summed E-state index contributed by atoms with van der Waals surface area (Å²) in [6, 6.07) is 0.316. The van der Waals surface area contributed by atoms with Crippen LogP contribution >= 0.6 is 15.9 Å². The van der Waals surface area contributed by atoms with E-state index >= 15 is 0 Å². The van der Waals surface area contributed by atoms with Crippen molar-refractivity contribution in [2.24, 2.45) is 11.3 Å². The molecule has 2 nitrogen and oxygen atoms in total. The lowest BCUT2D eigenvalue weighted by Gasteiger charge is -2.26. The topological polar surface area (TPSA) is 20.3 Å². The fourth-order valence-corrected chi connectivity index (χ4v) is 2.18. The highest BCUT2D eigenvalue weighted by molar-refractivity contribution is 9.09. The molecule has 14 heavy (non-hydrogen) atoms. The van der Waals surface area contributed by atoms with Gasteiger partial charge in [-0.15, -0.1) is 0 Å². The van der Waals surface area contributed by atoms with Crippen molar-refractivity contribution in [3.63, 3.8) is 0 Å². The molecule has 0 N–H and O–H groups in total. The molecule has 1 aliphatic rings. The molecule has 1 unspecified atom stereocenters. The summed E-state index contributed by atoms with van der Waals surface area (Å²) in [5.41, 5.74) is 0.247. The normalized spacial score (nSPS) is 23.7. The van der Waals surface area contributed by atoms with Gasteiger partial charge in [0.15, 0.2) is 0 Å². The van der Waals surface area contributed by atoms with Crippen molar-refractivity contribution in [3.05, 3.63) is 0 Å². The lowest BCUT2D eigenvalue weighted by molar-refractivity contribution is -0.134. The molecule has 3 heteroatoms. The molecule has 1 amide bonds. The van der Waals surface area contributed by atoms with Crippen molar-refractivity contribution >= 4 is 21.8 Å². The highest BCUT2D eigenvalue weighted by atomic mass is 79.9. The Labute approximate surface area is 95.2 Å². The van der Waals surface area contributed by atoms with E-state index in [2.05, 4.69) is 43.6 Å². The number of halogens is 1. The van der Waals surface area contributed by atoms with Gasteiger partial charge in [0.1, 0.15) is 0 Å². The van der Waals surface area contributed by atoms with E-state index in [1.807, 2.05) is 4.90 Å². The Morgan fingerprint density at radius 1 is 1.57 bits per heavy atom. The molecule has 0 aliphatic heterocycles. The zero-order valence-corrected chi connectivity index (χ0v) is 11.1. The molecule has 0 bridgehead atoms. The number of hydrogen-bond donors (Lipinski definition) is 0. The average molecular weight is 262 g/mol. The number of amides is 1. The van der Waals surface area contributed by atoms with Crippen LogP contribution in [0.15, 0.2) is 0 Å². The molecule has 0 aromatic rings. The Morgan fingerprint density at radius 2 is 2.07 bits per heavy atom. The number of rotatable bonds is 4. The van der Waals surface area contributed by atoms with Crippen LogP contribution in [0.25, 0.3) is 0 Å². The number of carbonyl (C=O) groups excluding carboxylic acids is 1. The van der Waals surface area contributed by atoms with Crippen LogP contribution in [0.1, 0.15) is 34.1 Å². The molecule has 0 aromatic heterocycles. The molecular formula is C11H20BrNO. The monoisotopic (exact) mass is 261 g/mol. The quantitative estimate of drug-likeness (QED) is 0.713. The summed E-state index contributed by atoms with van der Waals surface area (Å²) in [5, 5.41) is 0.865. The van der Waals surface area contributed by atoms with Crippen molar-refractivity contribution in [2.45, 2.75) is 40.2 Å². The first-order chi connectivity index (χ1) is 6.40. The molecule has 0 heterocycles. The third-order valence-corrected chi connectivity index (χ3v) is 3.40. The van der Waals surface area contributed by atoms with Crippen molar-refractivity contribution < 1.29 is 4.79 Å². The molecule has 0 radical (unpaired) electrons. The summed E-state index contributed by atoms with van der Waals surface area (Å²) in [7, 11) is 0. The molecule has 0 saturated heterocycles. The maximum Gasteiger partial charge on any atom is 0.226 e. The summed E-state index contributed by atoms with van der Waals surface area (Å²) < 4.78 is 0. The zero-order chi connectivity index (χ0) is 10.9. The van der Waals surface area contributed by atoms with Gasteiger partial charge in [0.2, 0.25) is 5.91 Å². The van der Waals surface area contributed by atoms with Crippen molar-refractivity contribution in [1.29, 1.82) is 0 Å². The molecule has 0 aromatic carbocycles. The minimum atomic E-state index is 0.247. The molecule has 1 atom stereocenters. The Bertz CT molecular complexity index is 225. The lowest BCUT2D eigenvalue weighted by Crippen LogP contribution is -2.40. The van der Waals surface area contributed by atoms with Crippen molar-refractivity contribution in [3.8, 4) is 0 Å². The van der Waals surface area contributed by atoms with E-state index in [1.54, 1.807) is 0 Å². The van der Waals surface area contributed by atoms with E-state index in [0.717, 1.165) is 18.3 Å². The maximum atomic E-state index is 12.1. The first kappa shape index (κ1) is 12.0. The summed E-state index contributed by atoms with van der Waals surface area (Å²) in [4.78, 5) is 14.0. The van der Waals surface area contributed by atoms with Gasteiger partial charge in [0.25, 0.3) is 0 Å². The predicted octanol–water partition coefficient (Wildman–Crippen LogP) is 2.66. The fourth-order valence-electron chi connectivity index (χ4n) is 1.80. The largest absolute Gasteiger partial charge is 0.339 e. The number of alkyl halides is 1. The molecule has 1 aliphatic carbocycles. The van der Waals surface area contributed by atoms with E-state index in [1.165, 1.54) is 0 Å². The van der Waals surface area contributed by atoms with Gasteiger partial charge >= 0.3 is 0 Å². The average Bonchev–Trinajstić information content (AvgIpc) is 2.69. The second kappa shape index (κ2) is 4.21. The predicted molar refractivity (Wildman–Crippen MR) is 62.5 cm³/mol. The Morgan fingerprint density at radius 3 is 2.36 bits per heavy atom. The van der Waals surface area contributed by atoms with Crippen LogP contribution in [0.4, 0.5) is 0 Å². The van der Waals surface area contributed by atoms with Gasteiger partial charge in [-0.05, 0) is 25.7 Å². The van der Waals surface area contributed by atoms with Crippen molar-refractivity contribution in [2.75, 3.05) is 11.9 Å². The molecule has 1 rings (SSSR count). The smallest absolute Gasteiger partial charge is 0.226 e. The zero-order valence-electron chi connectivity index (χ0n) is 9.51. The van der Waals surface area contributed by atoms with Gasteiger partial charge in [0, 0.05) is 23.8 Å². The van der Waals surface area contributed by atoms with Crippen molar-refractivity contribution in [1.82, 2.24) is 4.90 Å². The first-order valence-electron chi connectivity index (χ1n) is 5.26. The Hall–Kier alpha value is -0.0500. The van der Waals surface area contributed by atoms with Crippen LogP contribution in [0.5, 0.6) is 0 Å². The summed E-state index contributed by atoms with van der Waals surface area (Å²) in [6.45, 7) is 9.32. The summed E-state index contributed by atoms with van der Waals surface area (Å²) >= 11 is 3.39. The molecule has 82 valence electrons. The minimum absolute atomic E-state index is 0.247. The minimum Gasteiger partial charge on any atom is -0.339 e. The van der Waals surface area contributed by atoms with Gasteiger partial charge in [-0.3, -0.25) is 4.79 Å². The lowest BCUT2D eigenvalue weighted by atomic mass is 10.1. The van der Waals surface area contributed by atoms with Gasteiger partial charge in [-0.25, -0.2) is 0 Å². The summed E-state index contributed by atoms with van der Waals surface area (Å²) in [5.74, 6) is 0.605. The van der Waals surface area contributed by atoms with Gasteiger partial charge in [-0.2, -0.15) is 0 Å². The molecule has 0 spiro atoms. The maximum absolute atomic E-state index is 12.1. The third-order valence-electron chi connectivity index (χ3n) is 3.04. The van der Waals surface area contributed by atoms with Crippen LogP contribution in [0.3, 0.4) is 0 Å². The van der Waals surface area contributed by atoms with E-state index in [-0.39, 0.29) is 11.3 Å². The van der Waals surface area contributed by atoms with E-state index < -0.39 is 0 Å². The standard InChI is InChI=1S/C11H20BrNO/c1-8(2)13(6-5-12)10(14)9-7-11(9,3)4/h8-9H,5-7H2,1-4H3. The van der Waals surface area contributed by atoms with Crippen LogP contribution in [0, 0.1) is 11.3 Å². The van der Waals surface area contributed by atoms with Crippen LogP contribution in [0.2, 0.25) is 0 Å². The number of hydrogen-bond acceptors (Lipinski definition) is 1. The summed E-state index contributed by atoms with van der Waals surface area (Å²) in [6.07, 6.45) is 1.05. The SMILES string of the molecule is CC(C)N(CCBr)C(=O)C1CC1(C)C. The number of carbonyl (C=O) groups is 1. The van der Waals surface area contributed by atoms with Crippen LogP contribution in [-0.2, 0) is 4.79 Å². The van der Waals surface area contributed by atoms with E-state index in [0.29, 0.717) is 11.9 Å². The Kier molecular flexibility index (Phi) is 3.62. The van der Waals surface area contributed by atoms with Crippen LogP contribution in [-0.4, -0.2) is 28.7 Å². The second-order valence-corrected chi connectivity index (χ2v) is 5.85. The van der Waals surface area contributed by atoms with Crippen LogP contribution < -0.4 is 0 Å². The highest BCUT2D eigenvalue weighted by Gasteiger charge is 2.52. The van der Waals surface area contributed by atoms with Gasteiger partial charge in [-0.1, -0.05) is 29.8 Å². The number of nitrogens with zero attached hydrogens (tertiary/aromatic N) is 1. The third kappa shape index (κ3) is 2.50. The van der Waals surface area contributed by atoms with Gasteiger partial charge < -0.3 is 4.90 Å². The first-order valence-corrected chi connectivity index (χ1v) is 6.38. The Balaban J connectivity index is 2.57. The molecular weight excluding hydrogens is 242 g/mol. The van der Waals surface area contributed by atoms with Gasteiger partial charge in [0.05, 0.1) is 0 Å². The molecule has 1 fully saturated rings. The van der Waals surface area contributed by atoms with E-state index in [4.69, 9.17) is 0 Å².